The molecule has 0 amide bonds. The molecule has 16 heavy (non-hydrogen) atoms. The lowest BCUT2D eigenvalue weighted by atomic mass is 10.2. The molecule has 2 heteroatoms. The second kappa shape index (κ2) is 9.22. The fourth-order valence-electron chi connectivity index (χ4n) is 1.23. The fourth-order valence-corrected chi connectivity index (χ4v) is 1.23. The third-order valence-electron chi connectivity index (χ3n) is 2.04. The Hall–Kier alpha value is -1.02. The van der Waals surface area contributed by atoms with E-state index >= 15 is 0 Å². The van der Waals surface area contributed by atoms with Crippen molar-refractivity contribution in [3.05, 3.63) is 29.8 Å². The maximum Gasteiger partial charge on any atom is 0.123 e. The highest BCUT2D eigenvalue weighted by molar-refractivity contribution is 5.27. The fraction of sp³-hybridized carbons (Fsp3) is 0.571. The van der Waals surface area contributed by atoms with Crippen molar-refractivity contribution in [2.75, 3.05) is 13.1 Å². The summed E-state index contributed by atoms with van der Waals surface area (Å²) in [6.07, 6.45) is 0.381. The Morgan fingerprint density at radius 2 is 1.75 bits per heavy atom. The zero-order valence-electron chi connectivity index (χ0n) is 11.2. The highest BCUT2D eigenvalue weighted by Gasteiger charge is 2.17. The minimum absolute atomic E-state index is 0.381. The molecule has 0 unspecified atom stereocenters. The van der Waals surface area contributed by atoms with Crippen LogP contribution in [-0.2, 0) is 0 Å². The molecule has 0 spiro atoms. The molecular formula is C14H25NO. The topological polar surface area (TPSA) is 21.3 Å². The van der Waals surface area contributed by atoms with E-state index in [0.29, 0.717) is 6.10 Å². The molecule has 0 aliphatic carbocycles. The molecule has 0 saturated carbocycles. The SMILES string of the molecule is CC.CC.Cc1cccc(OC2CNC2)c1. The van der Waals surface area contributed by atoms with Crippen LogP contribution in [0.3, 0.4) is 0 Å². The van der Waals surface area contributed by atoms with E-state index < -0.39 is 0 Å². The van der Waals surface area contributed by atoms with E-state index in [-0.39, 0.29) is 0 Å². The highest BCUT2D eigenvalue weighted by atomic mass is 16.5. The van der Waals surface area contributed by atoms with Gasteiger partial charge in [-0.2, -0.15) is 0 Å². The van der Waals surface area contributed by atoms with Gasteiger partial charge in [-0.05, 0) is 24.6 Å². The van der Waals surface area contributed by atoms with Gasteiger partial charge in [-0.25, -0.2) is 0 Å². The van der Waals surface area contributed by atoms with Crippen LogP contribution in [0.4, 0.5) is 0 Å². The molecule has 1 N–H and O–H groups in total. The van der Waals surface area contributed by atoms with E-state index in [0.717, 1.165) is 18.8 Å². The van der Waals surface area contributed by atoms with E-state index in [2.05, 4.69) is 24.4 Å². The second-order valence-corrected chi connectivity index (χ2v) is 3.21. The predicted molar refractivity (Wildman–Crippen MR) is 71.2 cm³/mol. The molecule has 0 aromatic heterocycles. The summed E-state index contributed by atoms with van der Waals surface area (Å²) >= 11 is 0. The average Bonchev–Trinajstić information content (AvgIpc) is 2.29. The van der Waals surface area contributed by atoms with Crippen molar-refractivity contribution in [3.63, 3.8) is 0 Å². The molecule has 92 valence electrons. The van der Waals surface area contributed by atoms with Crippen molar-refractivity contribution >= 4 is 0 Å². The van der Waals surface area contributed by atoms with Gasteiger partial charge in [0.1, 0.15) is 11.9 Å². The lowest BCUT2D eigenvalue weighted by Gasteiger charge is -2.27. The summed E-state index contributed by atoms with van der Waals surface area (Å²) in [4.78, 5) is 0. The smallest absolute Gasteiger partial charge is 0.123 e. The van der Waals surface area contributed by atoms with Gasteiger partial charge in [-0.3, -0.25) is 0 Å². The van der Waals surface area contributed by atoms with Crippen molar-refractivity contribution in [1.29, 1.82) is 0 Å². The molecule has 1 heterocycles. The second-order valence-electron chi connectivity index (χ2n) is 3.21. The first kappa shape index (κ1) is 15.0. The van der Waals surface area contributed by atoms with E-state index in [1.807, 2.05) is 39.8 Å². The van der Waals surface area contributed by atoms with Crippen molar-refractivity contribution in [2.24, 2.45) is 0 Å². The number of ether oxygens (including phenoxy) is 1. The van der Waals surface area contributed by atoms with Crippen LogP contribution in [-0.4, -0.2) is 19.2 Å². The first-order valence-electron chi connectivity index (χ1n) is 6.28. The van der Waals surface area contributed by atoms with Gasteiger partial charge in [0.05, 0.1) is 0 Å². The number of rotatable bonds is 2. The lowest BCUT2D eigenvalue weighted by molar-refractivity contribution is 0.142. The minimum Gasteiger partial charge on any atom is -0.488 e. The largest absolute Gasteiger partial charge is 0.488 e. The molecule has 0 radical (unpaired) electrons. The molecular weight excluding hydrogens is 198 g/mol. The summed E-state index contributed by atoms with van der Waals surface area (Å²) in [5.74, 6) is 0.988. The molecule has 1 aromatic carbocycles. The van der Waals surface area contributed by atoms with Crippen molar-refractivity contribution < 1.29 is 4.74 Å². The summed E-state index contributed by atoms with van der Waals surface area (Å²) in [6.45, 7) is 12.0. The third-order valence-corrected chi connectivity index (χ3v) is 2.04. The Morgan fingerprint density at radius 3 is 2.19 bits per heavy atom. The predicted octanol–water partition coefficient (Wildman–Crippen LogP) is 3.40. The number of hydrogen-bond donors (Lipinski definition) is 1. The van der Waals surface area contributed by atoms with Crippen LogP contribution in [0.2, 0.25) is 0 Å². The summed E-state index contributed by atoms with van der Waals surface area (Å²) in [5.41, 5.74) is 1.25. The van der Waals surface area contributed by atoms with E-state index in [1.165, 1.54) is 5.56 Å². The van der Waals surface area contributed by atoms with Gasteiger partial charge in [0.25, 0.3) is 0 Å². The standard InChI is InChI=1S/C10H13NO.2C2H6/c1-8-3-2-4-9(5-8)12-10-6-11-7-10;2*1-2/h2-5,10-11H,6-7H2,1H3;2*1-2H3. The quantitative estimate of drug-likeness (QED) is 0.829. The van der Waals surface area contributed by atoms with Gasteiger partial charge in [-0.1, -0.05) is 39.8 Å². The Labute approximate surface area is 100 Å². The normalized spacial score (nSPS) is 13.6. The maximum atomic E-state index is 5.67. The molecule has 2 rings (SSSR count). The average molecular weight is 223 g/mol. The van der Waals surface area contributed by atoms with Gasteiger partial charge in [0, 0.05) is 13.1 Å². The van der Waals surface area contributed by atoms with Crippen molar-refractivity contribution in [1.82, 2.24) is 5.32 Å². The summed E-state index contributed by atoms with van der Waals surface area (Å²) in [5, 5.41) is 3.17. The van der Waals surface area contributed by atoms with Crippen LogP contribution in [0.15, 0.2) is 24.3 Å². The van der Waals surface area contributed by atoms with Gasteiger partial charge in [-0.15, -0.1) is 0 Å². The van der Waals surface area contributed by atoms with Crippen LogP contribution in [0.25, 0.3) is 0 Å². The Morgan fingerprint density at radius 1 is 1.12 bits per heavy atom. The Bertz CT molecular complexity index is 269. The van der Waals surface area contributed by atoms with Crippen LogP contribution in [0.5, 0.6) is 5.75 Å². The molecule has 1 aromatic rings. The van der Waals surface area contributed by atoms with Gasteiger partial charge >= 0.3 is 0 Å². The Kier molecular flexibility index (Phi) is 8.64. The van der Waals surface area contributed by atoms with Crippen molar-refractivity contribution in [3.8, 4) is 5.75 Å². The number of aryl methyl sites for hydroxylation is 1. The lowest BCUT2D eigenvalue weighted by Crippen LogP contribution is -2.50. The highest BCUT2D eigenvalue weighted by Crippen LogP contribution is 2.15. The van der Waals surface area contributed by atoms with Crippen LogP contribution in [0.1, 0.15) is 33.3 Å². The molecule has 2 nitrogen and oxygen atoms in total. The summed E-state index contributed by atoms with van der Waals surface area (Å²) in [6, 6.07) is 8.17. The molecule has 1 saturated heterocycles. The zero-order valence-corrected chi connectivity index (χ0v) is 11.2. The van der Waals surface area contributed by atoms with Gasteiger partial charge in [0.2, 0.25) is 0 Å². The monoisotopic (exact) mass is 223 g/mol. The number of nitrogens with one attached hydrogen (secondary N) is 1. The third kappa shape index (κ3) is 5.17. The van der Waals surface area contributed by atoms with E-state index in [9.17, 15) is 0 Å². The first-order valence-corrected chi connectivity index (χ1v) is 6.28. The number of hydrogen-bond acceptors (Lipinski definition) is 2. The zero-order chi connectivity index (χ0) is 12.4. The molecule has 0 bridgehead atoms. The first-order chi connectivity index (χ1) is 7.84. The van der Waals surface area contributed by atoms with Gasteiger partial charge in [0.15, 0.2) is 0 Å². The molecule has 1 fully saturated rings. The van der Waals surface area contributed by atoms with Crippen molar-refractivity contribution in [2.45, 2.75) is 40.7 Å². The number of benzene rings is 1. The van der Waals surface area contributed by atoms with E-state index in [1.54, 1.807) is 0 Å². The maximum absolute atomic E-state index is 5.67. The summed E-state index contributed by atoms with van der Waals surface area (Å²) in [7, 11) is 0. The minimum atomic E-state index is 0.381. The van der Waals surface area contributed by atoms with Crippen LogP contribution >= 0.6 is 0 Å². The molecule has 1 aliphatic rings. The summed E-state index contributed by atoms with van der Waals surface area (Å²) < 4.78 is 5.67. The van der Waals surface area contributed by atoms with Crippen LogP contribution < -0.4 is 10.1 Å². The molecule has 0 atom stereocenters. The van der Waals surface area contributed by atoms with Gasteiger partial charge < -0.3 is 10.1 Å². The Balaban J connectivity index is 0.000000509. The van der Waals surface area contributed by atoms with E-state index in [4.69, 9.17) is 4.74 Å². The van der Waals surface area contributed by atoms with Crippen LogP contribution in [0, 0.1) is 6.92 Å². The molecule has 1 aliphatic heterocycles.